The fraction of sp³-hybridized carbons (Fsp3) is 0.500. The van der Waals surface area contributed by atoms with Crippen molar-refractivity contribution in [1.82, 2.24) is 0 Å². The van der Waals surface area contributed by atoms with E-state index in [4.69, 9.17) is 16.3 Å². The van der Waals surface area contributed by atoms with Gasteiger partial charge in [0.05, 0.1) is 8.91 Å². The van der Waals surface area contributed by atoms with E-state index in [2.05, 4.69) is 61.1 Å². The van der Waals surface area contributed by atoms with Crippen molar-refractivity contribution >= 4 is 78.7 Å². The van der Waals surface area contributed by atoms with Crippen molar-refractivity contribution in [3.05, 3.63) is 6.07 Å². The van der Waals surface area contributed by atoms with Gasteiger partial charge in [0.1, 0.15) is 6.61 Å². The third kappa shape index (κ3) is 6.90. The Labute approximate surface area is 112 Å². The highest BCUT2D eigenvalue weighted by molar-refractivity contribution is 14.1. The molecule has 70 valence electrons. The molecule has 0 spiro atoms. The van der Waals surface area contributed by atoms with E-state index >= 15 is 0 Å². The highest BCUT2D eigenvalue weighted by Crippen LogP contribution is 2.24. The van der Waals surface area contributed by atoms with Crippen molar-refractivity contribution in [3.8, 4) is 0 Å². The molecule has 0 aliphatic rings. The summed E-state index contributed by atoms with van der Waals surface area (Å²) in [6, 6.07) is 0. The Morgan fingerprint density at radius 1 is 1.50 bits per heavy atom. The molecule has 0 aliphatic carbocycles. The van der Waals surface area contributed by atoms with Gasteiger partial charge in [-0.2, -0.15) is 0 Å². The van der Waals surface area contributed by atoms with Gasteiger partial charge < -0.3 is 4.74 Å². The van der Waals surface area contributed by atoms with Crippen LogP contribution >= 0.6 is 72.7 Å². The number of alkyl halides is 1. The van der Waals surface area contributed by atoms with E-state index in [1.54, 1.807) is 0 Å². The molecule has 0 N–H and O–H groups in total. The van der Waals surface area contributed by atoms with Crippen molar-refractivity contribution in [3.63, 3.8) is 0 Å². The number of ether oxygens (including phenoxy) is 1. The molecule has 6 heteroatoms. The molecule has 0 aromatic carbocycles. The van der Waals surface area contributed by atoms with Gasteiger partial charge in [-0.15, -0.1) is 11.6 Å². The number of rotatable bonds is 4. The van der Waals surface area contributed by atoms with E-state index in [1.165, 1.54) is 0 Å². The Balaban J connectivity index is 3.69. The molecule has 0 fully saturated rings. The predicted octanol–water partition coefficient (Wildman–Crippen LogP) is 3.59. The van der Waals surface area contributed by atoms with Gasteiger partial charge in [-0.1, -0.05) is 0 Å². The molecule has 0 saturated heterocycles. The van der Waals surface area contributed by atoms with Crippen LogP contribution in [0, 0.1) is 0 Å². The minimum atomic E-state index is -0.260. The summed E-state index contributed by atoms with van der Waals surface area (Å²) in [7, 11) is 0. The fourth-order valence-electron chi connectivity index (χ4n) is 0.348. The smallest absolute Gasteiger partial charge is 0.307 e. The number of hydrogen-bond donors (Lipinski definition) is 0. The van der Waals surface area contributed by atoms with E-state index in [0.717, 1.165) is 6.07 Å². The lowest BCUT2D eigenvalue weighted by atomic mass is 10.5. The van der Waals surface area contributed by atoms with Crippen LogP contribution in [0.4, 0.5) is 0 Å². The average molecular weight is 479 g/mol. The van der Waals surface area contributed by atoms with Crippen LogP contribution in [0.15, 0.2) is 6.07 Å². The summed E-state index contributed by atoms with van der Waals surface area (Å²) < 4.78 is 6.81. The Bertz CT molecular complexity index is 192. The number of esters is 1. The van der Waals surface area contributed by atoms with Gasteiger partial charge >= 0.3 is 5.97 Å². The summed E-state index contributed by atoms with van der Waals surface area (Å²) in [6.45, 7) is 0.319. The van der Waals surface area contributed by atoms with E-state index in [9.17, 15) is 4.79 Å². The summed E-state index contributed by atoms with van der Waals surface area (Å²) in [5.41, 5.74) is 0. The Morgan fingerprint density at radius 3 is 2.50 bits per heavy atom. The Hall–Kier alpha value is 1.44. The molecule has 2 nitrogen and oxygen atoms in total. The summed E-state index contributed by atoms with van der Waals surface area (Å²) in [5.74, 6) is 0.0502. The SMILES string of the molecule is O=C(CCCl)OCC(I)=C(Br)I. The average Bonchev–Trinajstić information content (AvgIpc) is 2.00. The number of carbonyl (C=O) groups excluding carboxylic acids is 1. The largest absolute Gasteiger partial charge is 0.460 e. The lowest BCUT2D eigenvalue weighted by Crippen LogP contribution is -2.06. The van der Waals surface area contributed by atoms with Gasteiger partial charge in [-0.25, -0.2) is 0 Å². The van der Waals surface area contributed by atoms with Crippen LogP contribution in [0.25, 0.3) is 0 Å². The topological polar surface area (TPSA) is 26.3 Å². The summed E-state index contributed by atoms with van der Waals surface area (Å²) in [5, 5.41) is 0. The molecule has 0 amide bonds. The van der Waals surface area contributed by atoms with Crippen molar-refractivity contribution in [2.24, 2.45) is 0 Å². The molecular formula is C6H6BrClI2O2. The molecule has 0 aromatic heterocycles. The van der Waals surface area contributed by atoms with Crippen LogP contribution in [0.1, 0.15) is 6.42 Å². The maximum Gasteiger partial charge on any atom is 0.307 e. The zero-order valence-electron chi connectivity index (χ0n) is 5.95. The minimum Gasteiger partial charge on any atom is -0.460 e. The zero-order chi connectivity index (χ0) is 9.56. The second-order valence-corrected chi connectivity index (χ2v) is 6.80. The summed E-state index contributed by atoms with van der Waals surface area (Å²) in [6.07, 6.45) is 0.268. The third-order valence-electron chi connectivity index (χ3n) is 0.864. The number of hydrogen-bond acceptors (Lipinski definition) is 2. The second-order valence-electron chi connectivity index (χ2n) is 1.76. The molecule has 0 saturated carbocycles. The fourth-order valence-corrected chi connectivity index (χ4v) is 0.928. The predicted molar refractivity (Wildman–Crippen MR) is 70.3 cm³/mol. The first-order valence-electron chi connectivity index (χ1n) is 2.99. The van der Waals surface area contributed by atoms with Crippen molar-refractivity contribution in [2.45, 2.75) is 6.42 Å². The molecule has 0 radical (unpaired) electrons. The van der Waals surface area contributed by atoms with Crippen LogP contribution in [-0.2, 0) is 9.53 Å². The molecular weight excluding hydrogens is 473 g/mol. The molecule has 0 aromatic rings. The number of halogens is 4. The summed E-state index contributed by atoms with van der Waals surface area (Å²) >= 11 is 12.8. The molecule has 0 heterocycles. The van der Waals surface area contributed by atoms with Gasteiger partial charge in [-0.05, 0) is 61.1 Å². The third-order valence-corrected chi connectivity index (χ3v) is 4.81. The zero-order valence-corrected chi connectivity index (χ0v) is 12.6. The first-order chi connectivity index (χ1) is 5.57. The van der Waals surface area contributed by atoms with E-state index < -0.39 is 0 Å². The van der Waals surface area contributed by atoms with Crippen LogP contribution in [-0.4, -0.2) is 18.5 Å². The summed E-state index contributed by atoms with van der Waals surface area (Å²) in [4.78, 5) is 10.8. The first kappa shape index (κ1) is 13.4. The second kappa shape index (κ2) is 7.81. The molecule has 0 rings (SSSR count). The van der Waals surface area contributed by atoms with Gasteiger partial charge in [-0.3, -0.25) is 4.79 Å². The van der Waals surface area contributed by atoms with Gasteiger partial charge in [0.15, 0.2) is 0 Å². The maximum absolute atomic E-state index is 10.8. The Kier molecular flexibility index (Phi) is 8.74. The number of carbonyl (C=O) groups is 1. The molecule has 0 atom stereocenters. The van der Waals surface area contributed by atoms with Crippen LogP contribution in [0.5, 0.6) is 0 Å². The highest BCUT2D eigenvalue weighted by atomic mass is 127. The van der Waals surface area contributed by atoms with Gasteiger partial charge in [0, 0.05) is 9.46 Å². The normalized spacial score (nSPS) is 12.3. The first-order valence-corrected chi connectivity index (χ1v) is 6.47. The molecule has 12 heavy (non-hydrogen) atoms. The highest BCUT2D eigenvalue weighted by Gasteiger charge is 2.03. The van der Waals surface area contributed by atoms with E-state index in [1.807, 2.05) is 0 Å². The van der Waals surface area contributed by atoms with Crippen molar-refractivity contribution in [2.75, 3.05) is 12.5 Å². The van der Waals surface area contributed by atoms with Crippen LogP contribution in [0.3, 0.4) is 0 Å². The maximum atomic E-state index is 10.8. The van der Waals surface area contributed by atoms with Gasteiger partial charge in [0.25, 0.3) is 0 Å². The monoisotopic (exact) mass is 478 g/mol. The Morgan fingerprint density at radius 2 is 2.08 bits per heavy atom. The van der Waals surface area contributed by atoms with E-state index in [0.29, 0.717) is 12.5 Å². The lowest BCUT2D eigenvalue weighted by Gasteiger charge is -2.02. The lowest BCUT2D eigenvalue weighted by molar-refractivity contribution is -0.141. The molecule has 0 unspecified atom stereocenters. The van der Waals surface area contributed by atoms with E-state index in [-0.39, 0.29) is 12.4 Å². The standard InChI is InChI=1S/C6H6BrClI2O2/c7-6(10)4(9)3-12-5(11)1-2-8/h1-3H2. The minimum absolute atomic E-state index is 0.260. The molecule has 0 bridgehead atoms. The van der Waals surface area contributed by atoms with Crippen LogP contribution < -0.4 is 0 Å². The molecule has 0 aliphatic heterocycles. The van der Waals surface area contributed by atoms with Crippen molar-refractivity contribution in [1.29, 1.82) is 0 Å². The quantitative estimate of drug-likeness (QED) is 0.350. The van der Waals surface area contributed by atoms with Crippen molar-refractivity contribution < 1.29 is 9.53 Å². The van der Waals surface area contributed by atoms with Gasteiger partial charge in [0.2, 0.25) is 0 Å². The van der Waals surface area contributed by atoms with Crippen LogP contribution in [0.2, 0.25) is 0 Å².